The van der Waals surface area contributed by atoms with Crippen LogP contribution in [-0.2, 0) is 10.5 Å². The number of anilines is 2. The number of thioether (sulfide) groups is 1. The van der Waals surface area contributed by atoms with Gasteiger partial charge in [0.25, 0.3) is 0 Å². The van der Waals surface area contributed by atoms with Gasteiger partial charge in [-0.2, -0.15) is 0 Å². The first-order valence-corrected chi connectivity index (χ1v) is 7.13. The number of nitrogen functional groups attached to an aromatic ring is 1. The van der Waals surface area contributed by atoms with Crippen molar-refractivity contribution in [1.29, 1.82) is 0 Å². The van der Waals surface area contributed by atoms with E-state index in [1.54, 1.807) is 24.5 Å². The van der Waals surface area contributed by atoms with Crippen molar-refractivity contribution < 1.29 is 9.21 Å². The minimum absolute atomic E-state index is 0.121. The standard InChI is InChI=1S/C13H13ClN2O2S/c14-11-4-3-9(15)6-12(11)16-13(17)8-19-7-10-2-1-5-18-10/h1-6H,7-8,15H2,(H,16,17). The largest absolute Gasteiger partial charge is 0.468 e. The SMILES string of the molecule is Nc1ccc(Cl)c(NC(=O)CSCc2ccco2)c1. The van der Waals surface area contributed by atoms with Crippen LogP contribution in [-0.4, -0.2) is 11.7 Å². The van der Waals surface area contributed by atoms with Gasteiger partial charge in [0.05, 0.1) is 28.5 Å². The Bertz CT molecular complexity index is 558. The van der Waals surface area contributed by atoms with Gasteiger partial charge in [-0.1, -0.05) is 11.6 Å². The van der Waals surface area contributed by atoms with E-state index in [9.17, 15) is 4.79 Å². The van der Waals surface area contributed by atoms with Gasteiger partial charge in [-0.3, -0.25) is 4.79 Å². The highest BCUT2D eigenvalue weighted by Gasteiger charge is 2.07. The van der Waals surface area contributed by atoms with Crippen LogP contribution in [0.4, 0.5) is 11.4 Å². The molecule has 0 fully saturated rings. The van der Waals surface area contributed by atoms with Crippen molar-refractivity contribution in [2.24, 2.45) is 0 Å². The van der Waals surface area contributed by atoms with Crippen LogP contribution in [0.3, 0.4) is 0 Å². The Balaban J connectivity index is 1.82. The van der Waals surface area contributed by atoms with Gasteiger partial charge < -0.3 is 15.5 Å². The monoisotopic (exact) mass is 296 g/mol. The van der Waals surface area contributed by atoms with Crippen molar-refractivity contribution >= 4 is 40.6 Å². The summed E-state index contributed by atoms with van der Waals surface area (Å²) in [6.45, 7) is 0. The number of halogens is 1. The second kappa shape index (κ2) is 6.54. The molecule has 0 saturated carbocycles. The van der Waals surface area contributed by atoms with Crippen molar-refractivity contribution in [2.75, 3.05) is 16.8 Å². The number of furan rings is 1. The number of carbonyl (C=O) groups is 1. The zero-order chi connectivity index (χ0) is 13.7. The van der Waals surface area contributed by atoms with Gasteiger partial charge in [-0.05, 0) is 30.3 Å². The molecule has 0 aliphatic rings. The van der Waals surface area contributed by atoms with Gasteiger partial charge in [0.15, 0.2) is 0 Å². The summed E-state index contributed by atoms with van der Waals surface area (Å²) in [6.07, 6.45) is 1.61. The summed E-state index contributed by atoms with van der Waals surface area (Å²) in [5.74, 6) is 1.71. The lowest BCUT2D eigenvalue weighted by molar-refractivity contribution is -0.113. The Kier molecular flexibility index (Phi) is 4.76. The third kappa shape index (κ3) is 4.22. The molecular weight excluding hydrogens is 284 g/mol. The van der Waals surface area contributed by atoms with E-state index >= 15 is 0 Å². The molecule has 0 spiro atoms. The zero-order valence-electron chi connectivity index (χ0n) is 10.1. The summed E-state index contributed by atoms with van der Waals surface area (Å²) in [5.41, 5.74) is 6.73. The van der Waals surface area contributed by atoms with Crippen molar-refractivity contribution in [3.8, 4) is 0 Å². The lowest BCUT2D eigenvalue weighted by Gasteiger charge is -2.07. The molecule has 6 heteroatoms. The number of hydrogen-bond acceptors (Lipinski definition) is 4. The molecule has 1 amide bonds. The molecule has 19 heavy (non-hydrogen) atoms. The van der Waals surface area contributed by atoms with E-state index in [1.807, 2.05) is 12.1 Å². The second-order valence-corrected chi connectivity index (χ2v) is 5.25. The lowest BCUT2D eigenvalue weighted by Crippen LogP contribution is -2.14. The van der Waals surface area contributed by atoms with Crippen LogP contribution in [0.1, 0.15) is 5.76 Å². The number of nitrogens with one attached hydrogen (secondary N) is 1. The highest BCUT2D eigenvalue weighted by atomic mass is 35.5. The second-order valence-electron chi connectivity index (χ2n) is 3.86. The minimum Gasteiger partial charge on any atom is -0.468 e. The van der Waals surface area contributed by atoms with Crippen molar-refractivity contribution in [3.63, 3.8) is 0 Å². The number of nitrogens with two attached hydrogens (primary N) is 1. The molecule has 0 bridgehead atoms. The van der Waals surface area contributed by atoms with E-state index in [1.165, 1.54) is 11.8 Å². The van der Waals surface area contributed by atoms with Gasteiger partial charge in [0.1, 0.15) is 5.76 Å². The molecule has 0 aliphatic heterocycles. The number of amides is 1. The van der Waals surface area contributed by atoms with Gasteiger partial charge in [0, 0.05) is 5.69 Å². The maximum absolute atomic E-state index is 11.7. The van der Waals surface area contributed by atoms with E-state index in [-0.39, 0.29) is 5.91 Å². The maximum atomic E-state index is 11.7. The van der Waals surface area contributed by atoms with E-state index in [0.717, 1.165) is 5.76 Å². The number of carbonyl (C=O) groups excluding carboxylic acids is 1. The smallest absolute Gasteiger partial charge is 0.234 e. The molecule has 2 aromatic rings. The van der Waals surface area contributed by atoms with E-state index in [2.05, 4.69) is 5.32 Å². The Morgan fingerprint density at radius 2 is 2.26 bits per heavy atom. The molecule has 0 atom stereocenters. The molecule has 4 nitrogen and oxygen atoms in total. The van der Waals surface area contributed by atoms with Crippen molar-refractivity contribution in [1.82, 2.24) is 0 Å². The Morgan fingerprint density at radius 1 is 1.42 bits per heavy atom. The first-order chi connectivity index (χ1) is 9.15. The molecule has 100 valence electrons. The van der Waals surface area contributed by atoms with Crippen LogP contribution in [0.5, 0.6) is 0 Å². The van der Waals surface area contributed by atoms with E-state index in [0.29, 0.717) is 27.9 Å². The van der Waals surface area contributed by atoms with Crippen LogP contribution in [0, 0.1) is 0 Å². The Hall–Kier alpha value is -1.59. The quantitative estimate of drug-likeness (QED) is 0.830. The first-order valence-electron chi connectivity index (χ1n) is 5.60. The Labute approximate surface area is 120 Å². The molecule has 0 unspecified atom stereocenters. The molecule has 2 rings (SSSR count). The van der Waals surface area contributed by atoms with Crippen LogP contribution < -0.4 is 11.1 Å². The highest BCUT2D eigenvalue weighted by molar-refractivity contribution is 7.99. The predicted octanol–water partition coefficient (Wildman–Crippen LogP) is 3.39. The third-order valence-corrected chi connectivity index (χ3v) is 3.61. The number of rotatable bonds is 5. The number of benzene rings is 1. The van der Waals surface area contributed by atoms with Gasteiger partial charge in [0.2, 0.25) is 5.91 Å². The maximum Gasteiger partial charge on any atom is 0.234 e. The molecule has 1 heterocycles. The fourth-order valence-corrected chi connectivity index (χ4v) is 2.35. The summed E-state index contributed by atoms with van der Waals surface area (Å²) in [6, 6.07) is 8.67. The summed E-state index contributed by atoms with van der Waals surface area (Å²) in [5, 5.41) is 3.20. The van der Waals surface area contributed by atoms with Crippen LogP contribution >= 0.6 is 23.4 Å². The molecule has 1 aromatic heterocycles. The van der Waals surface area contributed by atoms with Gasteiger partial charge >= 0.3 is 0 Å². The normalized spacial score (nSPS) is 10.4. The molecule has 3 N–H and O–H groups in total. The van der Waals surface area contributed by atoms with Crippen LogP contribution in [0.15, 0.2) is 41.0 Å². The highest BCUT2D eigenvalue weighted by Crippen LogP contribution is 2.24. The summed E-state index contributed by atoms with van der Waals surface area (Å²) in [7, 11) is 0. The fraction of sp³-hybridized carbons (Fsp3) is 0.154. The number of hydrogen-bond donors (Lipinski definition) is 2. The summed E-state index contributed by atoms with van der Waals surface area (Å²) in [4.78, 5) is 11.7. The Morgan fingerprint density at radius 3 is 3.00 bits per heavy atom. The predicted molar refractivity (Wildman–Crippen MR) is 79.4 cm³/mol. The molecular formula is C13H13ClN2O2S. The summed E-state index contributed by atoms with van der Waals surface area (Å²) >= 11 is 7.43. The lowest BCUT2D eigenvalue weighted by atomic mass is 10.3. The van der Waals surface area contributed by atoms with Crippen LogP contribution in [0.2, 0.25) is 5.02 Å². The minimum atomic E-state index is -0.121. The summed E-state index contributed by atoms with van der Waals surface area (Å²) < 4.78 is 5.18. The molecule has 1 aromatic carbocycles. The van der Waals surface area contributed by atoms with Gasteiger partial charge in [-0.15, -0.1) is 11.8 Å². The van der Waals surface area contributed by atoms with E-state index < -0.39 is 0 Å². The fourth-order valence-electron chi connectivity index (χ4n) is 1.46. The molecule has 0 aliphatic carbocycles. The van der Waals surface area contributed by atoms with Crippen molar-refractivity contribution in [2.45, 2.75) is 5.75 Å². The average Bonchev–Trinajstić information content (AvgIpc) is 2.87. The third-order valence-electron chi connectivity index (χ3n) is 2.32. The zero-order valence-corrected chi connectivity index (χ0v) is 11.6. The van der Waals surface area contributed by atoms with E-state index in [4.69, 9.17) is 21.8 Å². The topological polar surface area (TPSA) is 68.3 Å². The van der Waals surface area contributed by atoms with Crippen molar-refractivity contribution in [3.05, 3.63) is 47.4 Å². The first kappa shape index (κ1) is 13.8. The molecule has 0 saturated heterocycles. The van der Waals surface area contributed by atoms with Crippen LogP contribution in [0.25, 0.3) is 0 Å². The average molecular weight is 297 g/mol. The van der Waals surface area contributed by atoms with Gasteiger partial charge in [-0.25, -0.2) is 0 Å². The molecule has 0 radical (unpaired) electrons.